The molecule has 0 aliphatic heterocycles. The Balaban J connectivity index is 2.11. The summed E-state index contributed by atoms with van der Waals surface area (Å²) in [6, 6.07) is 5.77. The molecule has 6 heteroatoms. The minimum absolute atomic E-state index is 0.613. The molecule has 0 radical (unpaired) electrons. The van der Waals surface area contributed by atoms with Crippen molar-refractivity contribution in [3.8, 4) is 5.75 Å². The van der Waals surface area contributed by atoms with Crippen LogP contribution in [0.15, 0.2) is 29.0 Å². The largest absolute Gasteiger partial charge is 0.497 e. The summed E-state index contributed by atoms with van der Waals surface area (Å²) in [5.74, 6) is 1.69. The maximum Gasteiger partial charge on any atom is 0.145 e. The lowest BCUT2D eigenvalue weighted by atomic mass is 10.3. The number of aromatic nitrogens is 3. The van der Waals surface area contributed by atoms with Crippen LogP contribution in [0.4, 0.5) is 5.69 Å². The van der Waals surface area contributed by atoms with Gasteiger partial charge in [-0.15, -0.1) is 0 Å². The molecule has 0 saturated heterocycles. The average molecular weight is 297 g/mol. The second kappa shape index (κ2) is 5.18. The lowest BCUT2D eigenvalue weighted by molar-refractivity contribution is 0.415. The lowest BCUT2D eigenvalue weighted by Gasteiger charge is -2.09. The Hall–Kier alpha value is -1.56. The molecule has 17 heavy (non-hydrogen) atoms. The molecule has 0 saturated carbocycles. The van der Waals surface area contributed by atoms with Crippen molar-refractivity contribution in [1.82, 2.24) is 14.8 Å². The first-order valence-corrected chi connectivity index (χ1v) is 5.90. The van der Waals surface area contributed by atoms with E-state index in [0.29, 0.717) is 6.54 Å². The molecule has 1 aromatic heterocycles. The van der Waals surface area contributed by atoms with E-state index in [1.807, 2.05) is 25.2 Å². The van der Waals surface area contributed by atoms with Gasteiger partial charge in [-0.3, -0.25) is 4.68 Å². The highest BCUT2D eigenvalue weighted by Crippen LogP contribution is 2.27. The van der Waals surface area contributed by atoms with Crippen LogP contribution in [0.3, 0.4) is 0 Å². The van der Waals surface area contributed by atoms with E-state index in [4.69, 9.17) is 4.74 Å². The van der Waals surface area contributed by atoms with E-state index in [9.17, 15) is 0 Å². The Morgan fingerprint density at radius 2 is 2.29 bits per heavy atom. The SMILES string of the molecule is COc1ccc(Br)c(NCc2ncnn2C)c1. The number of halogens is 1. The molecule has 0 fully saturated rings. The first kappa shape index (κ1) is 11.9. The van der Waals surface area contributed by atoms with Crippen LogP contribution in [-0.4, -0.2) is 21.9 Å². The van der Waals surface area contributed by atoms with Gasteiger partial charge in [-0.25, -0.2) is 4.98 Å². The number of hydrogen-bond acceptors (Lipinski definition) is 4. The van der Waals surface area contributed by atoms with Crippen molar-refractivity contribution in [1.29, 1.82) is 0 Å². The quantitative estimate of drug-likeness (QED) is 0.940. The van der Waals surface area contributed by atoms with Crippen molar-refractivity contribution in [3.05, 3.63) is 34.8 Å². The third-order valence-corrected chi connectivity index (χ3v) is 3.11. The zero-order valence-electron chi connectivity index (χ0n) is 9.64. The van der Waals surface area contributed by atoms with Crippen molar-refractivity contribution in [3.63, 3.8) is 0 Å². The zero-order valence-corrected chi connectivity index (χ0v) is 11.2. The molecule has 1 aromatic carbocycles. The molecule has 2 rings (SSSR count). The Bertz CT molecular complexity index is 512. The standard InChI is InChI=1S/C11H13BrN4O/c1-16-11(14-7-15-16)6-13-10-5-8(17-2)3-4-9(10)12/h3-5,7,13H,6H2,1-2H3. The van der Waals surface area contributed by atoms with Gasteiger partial charge in [0.2, 0.25) is 0 Å². The summed E-state index contributed by atoms with van der Waals surface area (Å²) >= 11 is 3.48. The van der Waals surface area contributed by atoms with Crippen LogP contribution in [0.2, 0.25) is 0 Å². The number of benzene rings is 1. The van der Waals surface area contributed by atoms with Crippen LogP contribution in [0.1, 0.15) is 5.82 Å². The highest BCUT2D eigenvalue weighted by molar-refractivity contribution is 9.10. The van der Waals surface area contributed by atoms with E-state index in [-0.39, 0.29) is 0 Å². The van der Waals surface area contributed by atoms with E-state index < -0.39 is 0 Å². The van der Waals surface area contributed by atoms with Crippen molar-refractivity contribution in [2.75, 3.05) is 12.4 Å². The Labute approximate surface area is 108 Å². The molecule has 0 unspecified atom stereocenters. The molecule has 0 bridgehead atoms. The molecule has 0 spiro atoms. The van der Waals surface area contributed by atoms with Crippen molar-refractivity contribution in [2.24, 2.45) is 7.05 Å². The van der Waals surface area contributed by atoms with Gasteiger partial charge in [0.15, 0.2) is 0 Å². The molecule has 0 aliphatic rings. The molecule has 0 aliphatic carbocycles. The van der Waals surface area contributed by atoms with Gasteiger partial charge in [0.25, 0.3) is 0 Å². The summed E-state index contributed by atoms with van der Waals surface area (Å²) in [5, 5.41) is 7.29. The van der Waals surface area contributed by atoms with Crippen LogP contribution >= 0.6 is 15.9 Å². The second-order valence-electron chi connectivity index (χ2n) is 3.50. The van der Waals surface area contributed by atoms with Gasteiger partial charge in [0.05, 0.1) is 19.3 Å². The smallest absolute Gasteiger partial charge is 0.145 e. The first-order chi connectivity index (χ1) is 8.20. The fraction of sp³-hybridized carbons (Fsp3) is 0.273. The number of anilines is 1. The van der Waals surface area contributed by atoms with Gasteiger partial charge in [-0.05, 0) is 28.1 Å². The molecule has 0 amide bonds. The minimum atomic E-state index is 0.613. The van der Waals surface area contributed by atoms with Crippen molar-refractivity contribution < 1.29 is 4.74 Å². The van der Waals surface area contributed by atoms with Crippen molar-refractivity contribution in [2.45, 2.75) is 6.54 Å². The fourth-order valence-electron chi connectivity index (χ4n) is 1.42. The van der Waals surface area contributed by atoms with Gasteiger partial charge in [-0.2, -0.15) is 5.10 Å². The zero-order chi connectivity index (χ0) is 12.3. The number of nitrogens with one attached hydrogen (secondary N) is 1. The third kappa shape index (κ3) is 2.76. The Morgan fingerprint density at radius 3 is 2.94 bits per heavy atom. The molecule has 0 atom stereocenters. The summed E-state index contributed by atoms with van der Waals surface area (Å²) in [4.78, 5) is 4.15. The minimum Gasteiger partial charge on any atom is -0.497 e. The molecular formula is C11H13BrN4O. The summed E-state index contributed by atoms with van der Waals surface area (Å²) in [6.07, 6.45) is 1.54. The van der Waals surface area contributed by atoms with Crippen molar-refractivity contribution >= 4 is 21.6 Å². The molecule has 90 valence electrons. The Morgan fingerprint density at radius 1 is 1.47 bits per heavy atom. The maximum atomic E-state index is 5.18. The van der Waals surface area contributed by atoms with Crippen LogP contribution in [0, 0.1) is 0 Å². The van der Waals surface area contributed by atoms with E-state index in [2.05, 4.69) is 31.3 Å². The number of ether oxygens (including phenoxy) is 1. The average Bonchev–Trinajstić information content (AvgIpc) is 2.74. The van der Waals surface area contributed by atoms with E-state index in [1.165, 1.54) is 6.33 Å². The second-order valence-corrected chi connectivity index (χ2v) is 4.35. The van der Waals surface area contributed by atoms with Gasteiger partial charge < -0.3 is 10.1 Å². The van der Waals surface area contributed by atoms with E-state index in [1.54, 1.807) is 11.8 Å². The Kier molecular flexibility index (Phi) is 3.63. The lowest BCUT2D eigenvalue weighted by Crippen LogP contribution is -2.07. The molecule has 1 heterocycles. The highest BCUT2D eigenvalue weighted by atomic mass is 79.9. The number of nitrogens with zero attached hydrogens (tertiary/aromatic N) is 3. The van der Waals surface area contributed by atoms with Gasteiger partial charge in [-0.1, -0.05) is 0 Å². The third-order valence-electron chi connectivity index (χ3n) is 2.42. The predicted octanol–water partition coefficient (Wildman–Crippen LogP) is 2.20. The first-order valence-electron chi connectivity index (χ1n) is 5.11. The maximum absolute atomic E-state index is 5.18. The summed E-state index contributed by atoms with van der Waals surface area (Å²) in [5.41, 5.74) is 0.965. The molecular weight excluding hydrogens is 284 g/mol. The topological polar surface area (TPSA) is 52.0 Å². The van der Waals surface area contributed by atoms with Crippen LogP contribution in [0.5, 0.6) is 5.75 Å². The monoisotopic (exact) mass is 296 g/mol. The fourth-order valence-corrected chi connectivity index (χ4v) is 1.81. The summed E-state index contributed by atoms with van der Waals surface area (Å²) in [6.45, 7) is 0.613. The van der Waals surface area contributed by atoms with Crippen LogP contribution in [0.25, 0.3) is 0 Å². The number of rotatable bonds is 4. The van der Waals surface area contributed by atoms with Crippen LogP contribution in [-0.2, 0) is 13.6 Å². The molecule has 5 nitrogen and oxygen atoms in total. The number of hydrogen-bond donors (Lipinski definition) is 1. The summed E-state index contributed by atoms with van der Waals surface area (Å²) in [7, 11) is 3.51. The van der Waals surface area contributed by atoms with Gasteiger partial charge in [0.1, 0.15) is 17.9 Å². The van der Waals surface area contributed by atoms with E-state index in [0.717, 1.165) is 21.7 Å². The van der Waals surface area contributed by atoms with Gasteiger partial charge in [0, 0.05) is 17.6 Å². The molecule has 1 N–H and O–H groups in total. The predicted molar refractivity (Wildman–Crippen MR) is 69.0 cm³/mol. The van der Waals surface area contributed by atoms with E-state index >= 15 is 0 Å². The van der Waals surface area contributed by atoms with Crippen LogP contribution < -0.4 is 10.1 Å². The number of methoxy groups -OCH3 is 1. The highest BCUT2D eigenvalue weighted by Gasteiger charge is 2.04. The normalized spacial score (nSPS) is 10.3. The number of aryl methyl sites for hydroxylation is 1. The van der Waals surface area contributed by atoms with Gasteiger partial charge >= 0.3 is 0 Å². The molecule has 2 aromatic rings. The summed E-state index contributed by atoms with van der Waals surface area (Å²) < 4.78 is 7.90.